The molecule has 0 amide bonds. The summed E-state index contributed by atoms with van der Waals surface area (Å²) in [6.45, 7) is 5.01. The van der Waals surface area contributed by atoms with E-state index in [9.17, 15) is 19.2 Å². The fraction of sp³-hybridized carbons (Fsp3) is 0.308. The molecule has 16 nitrogen and oxygen atoms in total. The molecule has 6 aromatic rings. The van der Waals surface area contributed by atoms with Crippen molar-refractivity contribution < 1.29 is 33.8 Å². The Hall–Kier alpha value is -6.55. The second-order valence-electron chi connectivity index (χ2n) is 11.6. The highest BCUT2D eigenvalue weighted by Gasteiger charge is 2.10. The Bertz CT molecular complexity index is 1960. The number of carboxylic acids is 1. The van der Waals surface area contributed by atoms with E-state index in [1.54, 1.807) is 94.8 Å². The zero-order valence-electron chi connectivity index (χ0n) is 33.0. The van der Waals surface area contributed by atoms with Gasteiger partial charge in [0.25, 0.3) is 0 Å². The molecule has 0 aliphatic rings. The number of carbonyl (C=O) groups is 4. The maximum atomic E-state index is 11.7. The number of nitrogens with zero attached hydrogens (tertiary/aromatic N) is 8. The van der Waals surface area contributed by atoms with Gasteiger partial charge in [-0.1, -0.05) is 37.3 Å². The van der Waals surface area contributed by atoms with Crippen LogP contribution in [-0.2, 0) is 62.5 Å². The van der Waals surface area contributed by atoms with E-state index in [2.05, 4.69) is 32.0 Å². The Morgan fingerprint density at radius 2 is 1.29 bits per heavy atom. The molecule has 0 aliphatic carbocycles. The molecule has 6 rings (SSSR count). The number of methoxy groups -OCH3 is 1. The summed E-state index contributed by atoms with van der Waals surface area (Å²) in [4.78, 5) is 51.0. The van der Waals surface area contributed by atoms with Crippen molar-refractivity contribution in [3.63, 3.8) is 0 Å². The van der Waals surface area contributed by atoms with Crippen molar-refractivity contribution in [2.24, 2.45) is 35.2 Å². The molecule has 0 radical (unpaired) electrons. The molecule has 5 heterocycles. The van der Waals surface area contributed by atoms with E-state index in [-0.39, 0.29) is 17.7 Å². The van der Waals surface area contributed by atoms with Gasteiger partial charge in [0.1, 0.15) is 42.1 Å². The molecule has 296 valence electrons. The predicted octanol–water partition coefficient (Wildman–Crippen LogP) is 4.51. The van der Waals surface area contributed by atoms with E-state index in [1.807, 2.05) is 81.5 Å². The summed E-state index contributed by atoms with van der Waals surface area (Å²) < 4.78 is 18.2. The standard InChI is InChI=1S/C13H13NO2.C7H10N2O.C7H9NO2.C6H7NO2.C3H5N3.C3H9N/c1-14-9-5-8-12(14)13(15)16-10-11-6-3-2-4-7-11;1-6(10)3-7-4-9(2)5-8-7;1-8-5-3-4-6(8)7(9)10-2;1-7-4-2-3-5(7)6(8)9;1-6-3-4-2-5-6;1-3-4-2/h2-9H,10H2,1H3;4-5H,3H2,1-2H3;3-5H,1-2H3;2-4H,1H3,(H,8,9);2-3H,1H3;4H,3H2,1-2H3. The van der Waals surface area contributed by atoms with E-state index < -0.39 is 5.97 Å². The predicted molar refractivity (Wildman–Crippen MR) is 208 cm³/mol. The fourth-order valence-electron chi connectivity index (χ4n) is 4.01. The lowest BCUT2D eigenvalue weighted by molar-refractivity contribution is -0.116. The van der Waals surface area contributed by atoms with Gasteiger partial charge in [0.15, 0.2) is 0 Å². The summed E-state index contributed by atoms with van der Waals surface area (Å²) in [6, 6.07) is 20.0. The van der Waals surface area contributed by atoms with Crippen molar-refractivity contribution in [1.82, 2.24) is 43.3 Å². The van der Waals surface area contributed by atoms with Gasteiger partial charge >= 0.3 is 17.9 Å². The third-order valence-electron chi connectivity index (χ3n) is 6.94. The normalized spacial score (nSPS) is 9.47. The topological polar surface area (TPSA) is 182 Å². The maximum absolute atomic E-state index is 11.7. The smallest absolute Gasteiger partial charge is 0.355 e. The van der Waals surface area contributed by atoms with Crippen LogP contribution in [0.5, 0.6) is 0 Å². The Balaban J connectivity index is 0.000000346. The third kappa shape index (κ3) is 19.2. The minimum atomic E-state index is -0.887. The Kier molecular flexibility index (Phi) is 22.2. The zero-order chi connectivity index (χ0) is 41.2. The zero-order valence-corrected chi connectivity index (χ0v) is 33.0. The van der Waals surface area contributed by atoms with Gasteiger partial charge < -0.3 is 38.2 Å². The van der Waals surface area contributed by atoms with Crippen molar-refractivity contribution in [3.05, 3.63) is 139 Å². The van der Waals surface area contributed by atoms with Gasteiger partial charge in [0, 0.05) is 66.4 Å². The average Bonchev–Trinajstić information content (AvgIpc) is 4.03. The van der Waals surface area contributed by atoms with Crippen LogP contribution in [-0.4, -0.2) is 87.5 Å². The molecule has 2 N–H and O–H groups in total. The molecule has 0 fully saturated rings. The number of hydrogen-bond acceptors (Lipinski definition) is 10. The number of esters is 2. The molecule has 0 bridgehead atoms. The first-order chi connectivity index (χ1) is 26.2. The number of benzene rings is 1. The number of carboxylic acid groups (broad SMARTS) is 1. The molecule has 0 atom stereocenters. The van der Waals surface area contributed by atoms with Gasteiger partial charge in [-0.25, -0.2) is 24.4 Å². The number of ether oxygens (including phenoxy) is 2. The number of aromatic nitrogens is 8. The number of imidazole rings is 1. The molecule has 0 saturated carbocycles. The van der Waals surface area contributed by atoms with Crippen LogP contribution in [0.1, 0.15) is 56.6 Å². The molecule has 5 aromatic heterocycles. The Labute approximate surface area is 322 Å². The van der Waals surface area contributed by atoms with Gasteiger partial charge in [-0.15, -0.1) is 0 Å². The number of aromatic carboxylic acids is 1. The minimum Gasteiger partial charge on any atom is -0.477 e. The van der Waals surface area contributed by atoms with Crippen molar-refractivity contribution in [1.29, 1.82) is 0 Å². The van der Waals surface area contributed by atoms with Crippen LogP contribution in [0.15, 0.2) is 110 Å². The minimum absolute atomic E-state index is 0.152. The highest BCUT2D eigenvalue weighted by Crippen LogP contribution is 2.06. The van der Waals surface area contributed by atoms with Crippen LogP contribution >= 0.6 is 0 Å². The third-order valence-corrected chi connectivity index (χ3v) is 6.94. The Morgan fingerprint density at radius 1 is 0.764 bits per heavy atom. The monoisotopic (exact) mass is 759 g/mol. The SMILES string of the molecule is CC(=O)Cc1cn(C)cn1.CCNC.COC(=O)c1cccn1C.Cn1cccc1C(=O)O.Cn1cccc1C(=O)OCc1ccccc1.Cn1cncn1. The van der Waals surface area contributed by atoms with Gasteiger partial charge in [0.05, 0.1) is 19.1 Å². The van der Waals surface area contributed by atoms with Crippen LogP contribution in [0.2, 0.25) is 0 Å². The number of Topliss-reactive ketones (excluding diaryl/α,β-unsaturated/α-hetero) is 1. The van der Waals surface area contributed by atoms with E-state index in [0.717, 1.165) is 17.8 Å². The molecule has 0 saturated heterocycles. The summed E-state index contributed by atoms with van der Waals surface area (Å²) in [6.07, 6.45) is 12.4. The number of rotatable bonds is 8. The molecule has 55 heavy (non-hydrogen) atoms. The maximum Gasteiger partial charge on any atom is 0.355 e. The first-order valence-electron chi connectivity index (χ1n) is 17.0. The number of hydrogen-bond donors (Lipinski definition) is 2. The Morgan fingerprint density at radius 3 is 1.62 bits per heavy atom. The largest absolute Gasteiger partial charge is 0.477 e. The number of carbonyl (C=O) groups excluding carboxylic acids is 3. The first kappa shape index (κ1) is 46.5. The highest BCUT2D eigenvalue weighted by atomic mass is 16.5. The summed E-state index contributed by atoms with van der Waals surface area (Å²) >= 11 is 0. The molecule has 0 aliphatic heterocycles. The van der Waals surface area contributed by atoms with Crippen molar-refractivity contribution in [2.75, 3.05) is 20.7 Å². The number of nitrogens with one attached hydrogen (secondary N) is 1. The van der Waals surface area contributed by atoms with Gasteiger partial charge in [-0.3, -0.25) is 9.48 Å². The molecule has 0 spiro atoms. The second kappa shape index (κ2) is 26.3. The lowest BCUT2D eigenvalue weighted by Gasteiger charge is -2.05. The molecular formula is C39H53N9O7. The summed E-state index contributed by atoms with van der Waals surface area (Å²) in [7, 11) is 12.3. The van der Waals surface area contributed by atoms with E-state index in [0.29, 0.717) is 30.1 Å². The van der Waals surface area contributed by atoms with E-state index in [1.165, 1.54) is 13.4 Å². The fourth-order valence-corrected chi connectivity index (χ4v) is 4.01. The molecular weight excluding hydrogens is 706 g/mol. The van der Waals surface area contributed by atoms with Crippen LogP contribution in [0.25, 0.3) is 0 Å². The molecule has 16 heteroatoms. The van der Waals surface area contributed by atoms with E-state index in [4.69, 9.17) is 9.84 Å². The van der Waals surface area contributed by atoms with Crippen molar-refractivity contribution >= 4 is 23.7 Å². The summed E-state index contributed by atoms with van der Waals surface area (Å²) in [5, 5.41) is 15.1. The van der Waals surface area contributed by atoms with Crippen molar-refractivity contribution in [3.8, 4) is 0 Å². The first-order valence-corrected chi connectivity index (χ1v) is 17.0. The van der Waals surface area contributed by atoms with Gasteiger partial charge in [-0.05, 0) is 62.5 Å². The molecule has 1 aromatic carbocycles. The highest BCUT2D eigenvalue weighted by molar-refractivity contribution is 5.88. The number of ketones is 1. The molecule has 0 unspecified atom stereocenters. The number of aryl methyl sites for hydroxylation is 5. The van der Waals surface area contributed by atoms with Crippen LogP contribution in [0, 0.1) is 0 Å². The summed E-state index contributed by atoms with van der Waals surface area (Å²) in [5.74, 6) is -1.33. The quantitative estimate of drug-likeness (QED) is 0.208. The van der Waals surface area contributed by atoms with E-state index >= 15 is 0 Å². The second-order valence-corrected chi connectivity index (χ2v) is 11.6. The lowest BCUT2D eigenvalue weighted by Crippen LogP contribution is -2.09. The van der Waals surface area contributed by atoms with Crippen molar-refractivity contribution in [2.45, 2.75) is 26.9 Å². The summed E-state index contributed by atoms with van der Waals surface area (Å²) in [5.41, 5.74) is 3.29. The van der Waals surface area contributed by atoms with Crippen LogP contribution in [0.3, 0.4) is 0 Å². The lowest BCUT2D eigenvalue weighted by atomic mass is 10.2. The average molecular weight is 760 g/mol. The van der Waals surface area contributed by atoms with Crippen LogP contribution in [0.4, 0.5) is 0 Å². The van der Waals surface area contributed by atoms with Gasteiger partial charge in [-0.2, -0.15) is 5.10 Å². The van der Waals surface area contributed by atoms with Crippen LogP contribution < -0.4 is 5.32 Å². The van der Waals surface area contributed by atoms with Gasteiger partial charge in [0.2, 0.25) is 0 Å².